The van der Waals surface area contributed by atoms with Crippen molar-refractivity contribution in [3.63, 3.8) is 0 Å². The summed E-state index contributed by atoms with van der Waals surface area (Å²) in [5, 5.41) is 2.97. The molecule has 22 heavy (non-hydrogen) atoms. The summed E-state index contributed by atoms with van der Waals surface area (Å²) in [5.41, 5.74) is 2.52. The Bertz CT molecular complexity index is 720. The van der Waals surface area contributed by atoms with Gasteiger partial charge in [-0.1, -0.05) is 35.9 Å². The molecule has 1 atom stereocenters. The number of rotatable bonds is 2. The third kappa shape index (κ3) is 2.79. The molecule has 0 aromatic heterocycles. The van der Waals surface area contributed by atoms with Gasteiger partial charge in [-0.15, -0.1) is 0 Å². The van der Waals surface area contributed by atoms with Crippen LogP contribution in [0.2, 0.25) is 5.02 Å². The second-order valence-electron chi connectivity index (χ2n) is 5.42. The van der Waals surface area contributed by atoms with Gasteiger partial charge in [-0.3, -0.25) is 0 Å². The molecule has 5 heteroatoms. The van der Waals surface area contributed by atoms with Crippen molar-refractivity contribution in [1.29, 1.82) is 0 Å². The number of nitrogens with one attached hydrogen (secondary N) is 1. The van der Waals surface area contributed by atoms with Crippen molar-refractivity contribution in [2.45, 2.75) is 18.9 Å². The van der Waals surface area contributed by atoms with Crippen molar-refractivity contribution >= 4 is 23.3 Å². The third-order valence-electron chi connectivity index (χ3n) is 4.06. The number of fused-ring (bicyclic) bond motifs is 1. The number of nitrogens with zero attached hydrogens (tertiary/aromatic N) is 1. The Hall–Kier alpha value is -2.07. The fourth-order valence-electron chi connectivity index (χ4n) is 2.88. The SMILES string of the molecule is CN(C(=O)Nc1cc(Cl)ccc1F)[C@@H]1CCc2ccccc21. The van der Waals surface area contributed by atoms with E-state index in [-0.39, 0.29) is 17.8 Å². The fraction of sp³-hybridized carbons (Fsp3) is 0.235. The summed E-state index contributed by atoms with van der Waals surface area (Å²) in [4.78, 5) is 14.0. The van der Waals surface area contributed by atoms with Crippen LogP contribution in [0, 0.1) is 5.82 Å². The molecule has 3 nitrogen and oxygen atoms in total. The van der Waals surface area contributed by atoms with E-state index in [1.54, 1.807) is 11.9 Å². The first-order valence-corrected chi connectivity index (χ1v) is 7.50. The molecule has 0 bridgehead atoms. The zero-order chi connectivity index (χ0) is 15.7. The molecule has 3 rings (SSSR count). The van der Waals surface area contributed by atoms with E-state index in [4.69, 9.17) is 11.6 Å². The van der Waals surface area contributed by atoms with Gasteiger partial charge >= 0.3 is 6.03 Å². The van der Waals surface area contributed by atoms with E-state index in [1.165, 1.54) is 23.8 Å². The molecule has 0 saturated heterocycles. The second kappa shape index (κ2) is 5.97. The van der Waals surface area contributed by atoms with Gasteiger partial charge in [0.15, 0.2) is 0 Å². The molecule has 0 saturated carbocycles. The molecule has 114 valence electrons. The second-order valence-corrected chi connectivity index (χ2v) is 5.85. The maximum absolute atomic E-state index is 13.7. The van der Waals surface area contributed by atoms with E-state index >= 15 is 0 Å². The molecule has 0 unspecified atom stereocenters. The summed E-state index contributed by atoms with van der Waals surface area (Å²) >= 11 is 5.84. The minimum Gasteiger partial charge on any atom is -0.321 e. The number of carbonyl (C=O) groups excluding carboxylic acids is 1. The number of amides is 2. The average molecular weight is 319 g/mol. The zero-order valence-electron chi connectivity index (χ0n) is 12.1. The predicted octanol–water partition coefficient (Wildman–Crippen LogP) is 4.63. The summed E-state index contributed by atoms with van der Waals surface area (Å²) in [6.45, 7) is 0. The van der Waals surface area contributed by atoms with E-state index in [0.29, 0.717) is 5.02 Å². The first-order valence-electron chi connectivity index (χ1n) is 7.13. The number of benzene rings is 2. The molecule has 0 aliphatic heterocycles. The standard InChI is InChI=1S/C17H16ClFN2O/c1-21(16-9-6-11-4-2-3-5-13(11)16)17(22)20-15-10-12(18)7-8-14(15)19/h2-5,7-8,10,16H,6,9H2,1H3,(H,20,22)/t16-/m1/s1. The average Bonchev–Trinajstić information content (AvgIpc) is 2.94. The van der Waals surface area contributed by atoms with Crippen molar-refractivity contribution in [1.82, 2.24) is 4.90 Å². The number of aryl methyl sites for hydroxylation is 1. The van der Waals surface area contributed by atoms with Crippen molar-refractivity contribution in [2.24, 2.45) is 0 Å². The largest absolute Gasteiger partial charge is 0.322 e. The Morgan fingerprint density at radius 1 is 1.32 bits per heavy atom. The van der Waals surface area contributed by atoms with Crippen molar-refractivity contribution in [2.75, 3.05) is 12.4 Å². The minimum atomic E-state index is -0.502. The summed E-state index contributed by atoms with van der Waals surface area (Å²) < 4.78 is 13.7. The Morgan fingerprint density at radius 3 is 2.91 bits per heavy atom. The number of urea groups is 1. The number of anilines is 1. The molecule has 1 aliphatic carbocycles. The molecule has 1 N–H and O–H groups in total. The molecule has 0 heterocycles. The van der Waals surface area contributed by atoms with Crippen molar-refractivity contribution < 1.29 is 9.18 Å². The number of halogens is 2. The minimum absolute atomic E-state index is 0.0124. The lowest BCUT2D eigenvalue weighted by molar-refractivity contribution is 0.204. The van der Waals surface area contributed by atoms with Crippen LogP contribution >= 0.6 is 11.6 Å². The lowest BCUT2D eigenvalue weighted by Gasteiger charge is -2.25. The highest BCUT2D eigenvalue weighted by molar-refractivity contribution is 6.30. The van der Waals surface area contributed by atoms with Gasteiger partial charge in [-0.05, 0) is 42.2 Å². The van der Waals surface area contributed by atoms with Gasteiger partial charge in [0, 0.05) is 12.1 Å². The molecular formula is C17H16ClFN2O. The summed E-state index contributed by atoms with van der Waals surface area (Å²) in [6.07, 6.45) is 1.82. The molecule has 2 aromatic carbocycles. The van der Waals surface area contributed by atoms with E-state index in [2.05, 4.69) is 11.4 Å². The maximum atomic E-state index is 13.7. The zero-order valence-corrected chi connectivity index (χ0v) is 12.9. The van der Waals surface area contributed by atoms with Gasteiger partial charge < -0.3 is 10.2 Å². The highest BCUT2D eigenvalue weighted by atomic mass is 35.5. The molecule has 0 fully saturated rings. The van der Waals surface area contributed by atoms with Gasteiger partial charge in [0.05, 0.1) is 11.7 Å². The maximum Gasteiger partial charge on any atom is 0.322 e. The topological polar surface area (TPSA) is 32.3 Å². The van der Waals surface area contributed by atoms with Crippen LogP contribution in [0.15, 0.2) is 42.5 Å². The van der Waals surface area contributed by atoms with Crippen LogP contribution in [0.4, 0.5) is 14.9 Å². The van der Waals surface area contributed by atoms with Crippen LogP contribution in [0.3, 0.4) is 0 Å². The highest BCUT2D eigenvalue weighted by Gasteiger charge is 2.28. The summed E-state index contributed by atoms with van der Waals surface area (Å²) in [5.74, 6) is -0.502. The van der Waals surface area contributed by atoms with Gasteiger partial charge in [-0.25, -0.2) is 9.18 Å². The van der Waals surface area contributed by atoms with Crippen LogP contribution in [0.1, 0.15) is 23.6 Å². The predicted molar refractivity (Wildman–Crippen MR) is 85.7 cm³/mol. The molecular weight excluding hydrogens is 303 g/mol. The Balaban J connectivity index is 1.77. The molecule has 2 amide bonds. The van der Waals surface area contributed by atoms with Crippen LogP contribution in [-0.4, -0.2) is 18.0 Å². The Kier molecular flexibility index (Phi) is 4.03. The summed E-state index contributed by atoms with van der Waals surface area (Å²) in [7, 11) is 1.73. The normalized spacial score (nSPS) is 16.2. The van der Waals surface area contributed by atoms with E-state index < -0.39 is 5.82 Å². The fourth-order valence-corrected chi connectivity index (χ4v) is 3.05. The third-order valence-corrected chi connectivity index (χ3v) is 4.29. The number of hydrogen-bond acceptors (Lipinski definition) is 1. The Morgan fingerprint density at radius 2 is 2.09 bits per heavy atom. The lowest BCUT2D eigenvalue weighted by atomic mass is 10.1. The number of hydrogen-bond donors (Lipinski definition) is 1. The first-order chi connectivity index (χ1) is 10.6. The van der Waals surface area contributed by atoms with Crippen LogP contribution in [0.5, 0.6) is 0 Å². The van der Waals surface area contributed by atoms with Crippen molar-refractivity contribution in [3.8, 4) is 0 Å². The highest BCUT2D eigenvalue weighted by Crippen LogP contribution is 2.35. The summed E-state index contributed by atoms with van der Waals surface area (Å²) in [6, 6.07) is 11.9. The van der Waals surface area contributed by atoms with Crippen molar-refractivity contribution in [3.05, 3.63) is 64.4 Å². The van der Waals surface area contributed by atoms with E-state index in [0.717, 1.165) is 18.4 Å². The van der Waals surface area contributed by atoms with Crippen LogP contribution < -0.4 is 5.32 Å². The first kappa shape index (κ1) is 14.9. The molecule has 1 aliphatic rings. The van der Waals surface area contributed by atoms with Gasteiger partial charge in [0.2, 0.25) is 0 Å². The number of carbonyl (C=O) groups is 1. The molecule has 0 radical (unpaired) electrons. The van der Waals surface area contributed by atoms with Gasteiger partial charge in [0.25, 0.3) is 0 Å². The van der Waals surface area contributed by atoms with Gasteiger partial charge in [-0.2, -0.15) is 0 Å². The smallest absolute Gasteiger partial charge is 0.321 e. The van der Waals surface area contributed by atoms with E-state index in [9.17, 15) is 9.18 Å². The van der Waals surface area contributed by atoms with E-state index in [1.807, 2.05) is 18.2 Å². The Labute approximate surface area is 133 Å². The van der Waals surface area contributed by atoms with Crippen LogP contribution in [-0.2, 0) is 6.42 Å². The lowest BCUT2D eigenvalue weighted by Crippen LogP contribution is -2.34. The van der Waals surface area contributed by atoms with Gasteiger partial charge in [0.1, 0.15) is 5.82 Å². The van der Waals surface area contributed by atoms with Crippen LogP contribution in [0.25, 0.3) is 0 Å². The molecule has 2 aromatic rings. The monoisotopic (exact) mass is 318 g/mol. The molecule has 0 spiro atoms. The quantitative estimate of drug-likeness (QED) is 0.860.